The largest absolute Gasteiger partial charge is 0.319 e. The Labute approximate surface area is 118 Å². The molecule has 1 unspecified atom stereocenters. The van der Waals surface area contributed by atoms with Crippen molar-refractivity contribution in [1.82, 2.24) is 9.78 Å². The summed E-state index contributed by atoms with van der Waals surface area (Å²) in [6.07, 6.45) is 0. The summed E-state index contributed by atoms with van der Waals surface area (Å²) < 4.78 is 41.9. The summed E-state index contributed by atoms with van der Waals surface area (Å²) in [5.41, 5.74) is 7.12. The minimum atomic E-state index is -1.52. The van der Waals surface area contributed by atoms with Crippen LogP contribution in [0.15, 0.2) is 36.4 Å². The van der Waals surface area contributed by atoms with E-state index in [4.69, 9.17) is 5.73 Å². The number of aromatic nitrogens is 2. The maximum absolute atomic E-state index is 13.9. The number of fused-ring (bicyclic) bond motifs is 1. The van der Waals surface area contributed by atoms with Gasteiger partial charge in [0.05, 0.1) is 17.3 Å². The standard InChI is InChI=1S/C15H12F3N3/c1-21-11-5-3-2-4-8(11)15(20-21)14(19)9-6-7-10(16)13(18)12(9)17/h2-7,14H,19H2,1H3. The van der Waals surface area contributed by atoms with Gasteiger partial charge in [-0.05, 0) is 12.1 Å². The first-order valence-electron chi connectivity index (χ1n) is 6.31. The van der Waals surface area contributed by atoms with Crippen LogP contribution in [0.2, 0.25) is 0 Å². The van der Waals surface area contributed by atoms with Crippen molar-refractivity contribution in [1.29, 1.82) is 0 Å². The Morgan fingerprint density at radius 1 is 1.05 bits per heavy atom. The molecule has 0 aliphatic rings. The van der Waals surface area contributed by atoms with Crippen LogP contribution in [-0.2, 0) is 7.05 Å². The smallest absolute Gasteiger partial charge is 0.194 e. The van der Waals surface area contributed by atoms with Gasteiger partial charge in [0.15, 0.2) is 17.5 Å². The summed E-state index contributed by atoms with van der Waals surface area (Å²) in [6.45, 7) is 0. The minimum Gasteiger partial charge on any atom is -0.319 e. The van der Waals surface area contributed by atoms with Gasteiger partial charge >= 0.3 is 0 Å². The number of benzene rings is 2. The van der Waals surface area contributed by atoms with Crippen molar-refractivity contribution in [2.45, 2.75) is 6.04 Å². The van der Waals surface area contributed by atoms with Gasteiger partial charge in [-0.25, -0.2) is 13.2 Å². The molecule has 108 valence electrons. The lowest BCUT2D eigenvalue weighted by Gasteiger charge is -2.11. The second-order valence-electron chi connectivity index (χ2n) is 4.77. The molecule has 0 radical (unpaired) electrons. The number of rotatable bonds is 2. The lowest BCUT2D eigenvalue weighted by Crippen LogP contribution is -2.16. The van der Waals surface area contributed by atoms with Crippen molar-refractivity contribution in [3.8, 4) is 0 Å². The molecule has 1 atom stereocenters. The van der Waals surface area contributed by atoms with Crippen LogP contribution in [0, 0.1) is 17.5 Å². The fraction of sp³-hybridized carbons (Fsp3) is 0.133. The third-order valence-corrected chi connectivity index (χ3v) is 3.48. The molecule has 3 aromatic rings. The van der Waals surface area contributed by atoms with Crippen LogP contribution in [0.5, 0.6) is 0 Å². The molecule has 2 aromatic carbocycles. The van der Waals surface area contributed by atoms with E-state index < -0.39 is 23.5 Å². The van der Waals surface area contributed by atoms with Crippen molar-refractivity contribution >= 4 is 10.9 Å². The van der Waals surface area contributed by atoms with E-state index in [9.17, 15) is 13.2 Å². The molecule has 0 aliphatic carbocycles. The number of hydrogen-bond donors (Lipinski definition) is 1. The van der Waals surface area contributed by atoms with Gasteiger partial charge in [-0.2, -0.15) is 5.10 Å². The molecule has 0 aliphatic heterocycles. The van der Waals surface area contributed by atoms with Gasteiger partial charge in [-0.15, -0.1) is 0 Å². The van der Waals surface area contributed by atoms with Crippen molar-refractivity contribution in [2.24, 2.45) is 12.8 Å². The predicted octanol–water partition coefficient (Wildman–Crippen LogP) is 3.04. The van der Waals surface area contributed by atoms with Gasteiger partial charge in [0, 0.05) is 18.0 Å². The number of aryl methyl sites for hydroxylation is 1. The molecule has 0 bridgehead atoms. The molecule has 21 heavy (non-hydrogen) atoms. The zero-order valence-corrected chi connectivity index (χ0v) is 11.1. The normalized spacial score (nSPS) is 12.8. The van der Waals surface area contributed by atoms with Crippen LogP contribution in [0.1, 0.15) is 17.3 Å². The molecule has 1 heterocycles. The summed E-state index contributed by atoms with van der Waals surface area (Å²) in [7, 11) is 1.74. The zero-order chi connectivity index (χ0) is 15.1. The monoisotopic (exact) mass is 291 g/mol. The summed E-state index contributed by atoms with van der Waals surface area (Å²) in [6, 6.07) is 8.32. The molecule has 0 fully saturated rings. The van der Waals surface area contributed by atoms with Crippen LogP contribution in [0.3, 0.4) is 0 Å². The van der Waals surface area contributed by atoms with Crippen LogP contribution in [-0.4, -0.2) is 9.78 Å². The third-order valence-electron chi connectivity index (χ3n) is 3.48. The topological polar surface area (TPSA) is 43.8 Å². The lowest BCUT2D eigenvalue weighted by molar-refractivity contribution is 0.438. The summed E-state index contributed by atoms with van der Waals surface area (Å²) >= 11 is 0. The highest BCUT2D eigenvalue weighted by Crippen LogP contribution is 2.29. The first kappa shape index (κ1) is 13.6. The highest BCUT2D eigenvalue weighted by atomic mass is 19.2. The number of para-hydroxylation sites is 1. The van der Waals surface area contributed by atoms with Gasteiger partial charge < -0.3 is 5.73 Å². The molecule has 0 amide bonds. The molecule has 3 rings (SSSR count). The van der Waals surface area contributed by atoms with E-state index in [1.807, 2.05) is 18.2 Å². The maximum atomic E-state index is 13.9. The molecular weight excluding hydrogens is 279 g/mol. The molecule has 2 N–H and O–H groups in total. The maximum Gasteiger partial charge on any atom is 0.194 e. The first-order valence-corrected chi connectivity index (χ1v) is 6.31. The van der Waals surface area contributed by atoms with Gasteiger partial charge in [-0.1, -0.05) is 24.3 Å². The van der Waals surface area contributed by atoms with E-state index in [-0.39, 0.29) is 5.56 Å². The average molecular weight is 291 g/mol. The van der Waals surface area contributed by atoms with Crippen molar-refractivity contribution in [3.05, 3.63) is 65.1 Å². The van der Waals surface area contributed by atoms with Crippen LogP contribution < -0.4 is 5.73 Å². The Morgan fingerprint density at radius 2 is 1.76 bits per heavy atom. The third kappa shape index (κ3) is 2.08. The Hall–Kier alpha value is -2.34. The van der Waals surface area contributed by atoms with E-state index in [1.165, 1.54) is 0 Å². The lowest BCUT2D eigenvalue weighted by atomic mass is 10.0. The highest BCUT2D eigenvalue weighted by Gasteiger charge is 2.23. The number of nitrogens with two attached hydrogens (primary N) is 1. The average Bonchev–Trinajstić information content (AvgIpc) is 2.82. The quantitative estimate of drug-likeness (QED) is 0.738. The van der Waals surface area contributed by atoms with Crippen LogP contribution in [0.25, 0.3) is 10.9 Å². The molecule has 6 heteroatoms. The Kier molecular flexibility index (Phi) is 3.17. The fourth-order valence-electron chi connectivity index (χ4n) is 2.40. The number of halogens is 3. The SMILES string of the molecule is Cn1nc(C(N)c2ccc(F)c(F)c2F)c2ccccc21. The van der Waals surface area contributed by atoms with Crippen molar-refractivity contribution in [3.63, 3.8) is 0 Å². The van der Waals surface area contributed by atoms with E-state index >= 15 is 0 Å². The second kappa shape index (κ2) is 4.89. The zero-order valence-electron chi connectivity index (χ0n) is 11.1. The van der Waals surface area contributed by atoms with E-state index in [1.54, 1.807) is 17.8 Å². The Morgan fingerprint density at radius 3 is 2.52 bits per heavy atom. The molecule has 3 nitrogen and oxygen atoms in total. The second-order valence-corrected chi connectivity index (χ2v) is 4.77. The summed E-state index contributed by atoms with van der Waals surface area (Å²) in [5, 5.41) is 5.01. The van der Waals surface area contributed by atoms with Crippen LogP contribution in [0.4, 0.5) is 13.2 Å². The van der Waals surface area contributed by atoms with Gasteiger partial charge in [0.1, 0.15) is 0 Å². The van der Waals surface area contributed by atoms with Crippen molar-refractivity contribution in [2.75, 3.05) is 0 Å². The van der Waals surface area contributed by atoms with Crippen molar-refractivity contribution < 1.29 is 13.2 Å². The highest BCUT2D eigenvalue weighted by molar-refractivity contribution is 5.82. The van der Waals surface area contributed by atoms with Crippen LogP contribution >= 0.6 is 0 Å². The number of nitrogens with zero attached hydrogens (tertiary/aromatic N) is 2. The Balaban J connectivity index is 2.17. The van der Waals surface area contributed by atoms with E-state index in [0.29, 0.717) is 5.69 Å². The van der Waals surface area contributed by atoms with Gasteiger partial charge in [0.2, 0.25) is 0 Å². The number of hydrogen-bond acceptors (Lipinski definition) is 2. The Bertz CT molecular complexity index is 826. The summed E-state index contributed by atoms with van der Waals surface area (Å²) in [4.78, 5) is 0. The minimum absolute atomic E-state index is 0.127. The molecule has 0 saturated carbocycles. The van der Waals surface area contributed by atoms with E-state index in [0.717, 1.165) is 23.0 Å². The molecular formula is C15H12F3N3. The molecule has 0 saturated heterocycles. The summed E-state index contributed by atoms with van der Waals surface area (Å²) in [5.74, 6) is -4.05. The predicted molar refractivity (Wildman–Crippen MR) is 73.1 cm³/mol. The van der Waals surface area contributed by atoms with Gasteiger partial charge in [0.25, 0.3) is 0 Å². The fourth-order valence-corrected chi connectivity index (χ4v) is 2.40. The van der Waals surface area contributed by atoms with E-state index in [2.05, 4.69) is 5.10 Å². The first-order chi connectivity index (χ1) is 10.0. The molecule has 1 aromatic heterocycles. The van der Waals surface area contributed by atoms with Gasteiger partial charge in [-0.3, -0.25) is 4.68 Å². The molecule has 0 spiro atoms.